The molecule has 0 spiro atoms. The summed E-state index contributed by atoms with van der Waals surface area (Å²) in [5, 5.41) is 1.10. The second kappa shape index (κ2) is 13.5. The largest absolute Gasteiger partial charge is 0.379 e. The first kappa shape index (κ1) is 30.3. The SMILES string of the molecule is NC(=O)Cc1cc(-c2cccc(CN3CCOCC3)c2)cc2c(C3CCN(S(=O)(=O)CCCN4CCCC4)CC3)c[nH]c12. The van der Waals surface area contributed by atoms with Crippen molar-refractivity contribution >= 4 is 26.8 Å². The molecule has 0 aliphatic carbocycles. The highest BCUT2D eigenvalue weighted by Crippen LogP contribution is 2.37. The molecule has 6 rings (SSSR count). The Morgan fingerprint density at radius 2 is 1.72 bits per heavy atom. The van der Waals surface area contributed by atoms with Crippen molar-refractivity contribution in [2.75, 3.05) is 64.8 Å². The molecule has 3 aliphatic heterocycles. The van der Waals surface area contributed by atoms with Gasteiger partial charge in [0.2, 0.25) is 15.9 Å². The van der Waals surface area contributed by atoms with Crippen molar-refractivity contribution < 1.29 is 17.9 Å². The Morgan fingerprint density at radius 3 is 2.47 bits per heavy atom. The highest BCUT2D eigenvalue weighted by molar-refractivity contribution is 7.89. The lowest BCUT2D eigenvalue weighted by atomic mass is 9.88. The summed E-state index contributed by atoms with van der Waals surface area (Å²) in [6.45, 7) is 8.44. The standard InChI is InChI=1S/C33H45N5O4S/c34-32(39)22-29-20-28(27-6-3-5-25(19-27)24-37-14-16-42-17-15-37)21-30-31(23-35-33(29)30)26-7-12-38(13-8-26)43(40,41)18-4-11-36-9-1-2-10-36/h3,5-6,19-21,23,26,35H,1-2,4,7-18,22,24H2,(H2,34,39). The zero-order chi connectivity index (χ0) is 29.8. The number of nitrogens with one attached hydrogen (secondary N) is 1. The molecule has 3 fully saturated rings. The van der Waals surface area contributed by atoms with E-state index in [-0.39, 0.29) is 24.0 Å². The number of H-pyrrole nitrogens is 1. The van der Waals surface area contributed by atoms with Gasteiger partial charge in [-0.25, -0.2) is 12.7 Å². The fourth-order valence-corrected chi connectivity index (χ4v) is 8.60. The molecule has 2 aromatic carbocycles. The Balaban J connectivity index is 1.19. The molecule has 43 heavy (non-hydrogen) atoms. The summed E-state index contributed by atoms with van der Waals surface area (Å²) in [5.41, 5.74) is 12.1. The lowest BCUT2D eigenvalue weighted by Crippen LogP contribution is -2.39. The molecule has 3 N–H and O–H groups in total. The van der Waals surface area contributed by atoms with Gasteiger partial charge in [-0.05, 0) is 104 Å². The van der Waals surface area contributed by atoms with Crippen molar-refractivity contribution in [2.45, 2.75) is 51.0 Å². The Bertz CT molecular complexity index is 1520. The van der Waals surface area contributed by atoms with E-state index in [2.05, 4.69) is 57.4 Å². The zero-order valence-corrected chi connectivity index (χ0v) is 25.9. The highest BCUT2D eigenvalue weighted by atomic mass is 32.2. The quantitative estimate of drug-likeness (QED) is 0.344. The Hall–Kier alpha value is -2.76. The molecule has 0 bridgehead atoms. The highest BCUT2D eigenvalue weighted by Gasteiger charge is 2.30. The predicted octanol–water partition coefficient (Wildman–Crippen LogP) is 3.69. The van der Waals surface area contributed by atoms with Crippen LogP contribution in [0.15, 0.2) is 42.6 Å². The van der Waals surface area contributed by atoms with E-state index in [4.69, 9.17) is 10.5 Å². The van der Waals surface area contributed by atoms with E-state index in [1.807, 2.05) is 0 Å². The smallest absolute Gasteiger partial charge is 0.221 e. The number of sulfonamides is 1. The van der Waals surface area contributed by atoms with Crippen LogP contribution in [0.2, 0.25) is 0 Å². The summed E-state index contributed by atoms with van der Waals surface area (Å²) in [5.74, 6) is 0.110. The normalized spacial score (nSPS) is 19.8. The van der Waals surface area contributed by atoms with Crippen LogP contribution in [0.4, 0.5) is 0 Å². The fraction of sp³-hybridized carbons (Fsp3) is 0.545. The predicted molar refractivity (Wildman–Crippen MR) is 170 cm³/mol. The van der Waals surface area contributed by atoms with Crippen molar-refractivity contribution in [1.29, 1.82) is 0 Å². The van der Waals surface area contributed by atoms with Crippen molar-refractivity contribution in [3.05, 3.63) is 59.3 Å². The minimum atomic E-state index is -3.25. The van der Waals surface area contributed by atoms with Crippen LogP contribution >= 0.6 is 0 Å². The number of hydrogen-bond acceptors (Lipinski definition) is 6. The van der Waals surface area contributed by atoms with Crippen LogP contribution < -0.4 is 5.73 Å². The van der Waals surface area contributed by atoms with Gasteiger partial charge in [0.25, 0.3) is 0 Å². The molecule has 0 unspecified atom stereocenters. The van der Waals surface area contributed by atoms with E-state index in [1.54, 1.807) is 4.31 Å². The van der Waals surface area contributed by atoms with E-state index in [0.29, 0.717) is 19.5 Å². The van der Waals surface area contributed by atoms with Crippen molar-refractivity contribution in [3.63, 3.8) is 0 Å². The van der Waals surface area contributed by atoms with Gasteiger partial charge in [-0.1, -0.05) is 18.2 Å². The first-order valence-corrected chi connectivity index (χ1v) is 17.5. The molecule has 0 radical (unpaired) electrons. The van der Waals surface area contributed by atoms with Crippen LogP contribution in [-0.4, -0.2) is 98.2 Å². The molecular weight excluding hydrogens is 562 g/mol. The molecule has 0 saturated carbocycles. The number of morpholine rings is 1. The van der Waals surface area contributed by atoms with E-state index >= 15 is 0 Å². The van der Waals surface area contributed by atoms with Crippen molar-refractivity contribution in [3.8, 4) is 11.1 Å². The van der Waals surface area contributed by atoms with E-state index in [1.165, 1.54) is 24.0 Å². The monoisotopic (exact) mass is 607 g/mol. The number of aromatic amines is 1. The Kier molecular flexibility index (Phi) is 9.49. The topological polar surface area (TPSA) is 112 Å². The third kappa shape index (κ3) is 7.32. The first-order valence-electron chi connectivity index (χ1n) is 15.9. The zero-order valence-electron chi connectivity index (χ0n) is 25.1. The van der Waals surface area contributed by atoms with Gasteiger partial charge in [-0.2, -0.15) is 0 Å². The molecule has 10 heteroatoms. The summed E-state index contributed by atoms with van der Waals surface area (Å²) in [6.07, 6.45) is 6.92. The number of hydrogen-bond donors (Lipinski definition) is 2. The number of aromatic nitrogens is 1. The number of fused-ring (bicyclic) bond motifs is 1. The second-order valence-corrected chi connectivity index (χ2v) is 14.5. The molecule has 3 aromatic rings. The van der Waals surface area contributed by atoms with Crippen LogP contribution in [-0.2, 0) is 32.5 Å². The number of carbonyl (C=O) groups excluding carboxylic acids is 1. The van der Waals surface area contributed by atoms with Crippen LogP contribution in [0.3, 0.4) is 0 Å². The third-order valence-electron chi connectivity index (χ3n) is 9.40. The van der Waals surface area contributed by atoms with Crippen LogP contribution in [0.1, 0.15) is 54.7 Å². The van der Waals surface area contributed by atoms with E-state index < -0.39 is 10.0 Å². The van der Waals surface area contributed by atoms with Gasteiger partial charge < -0.3 is 20.4 Å². The number of ether oxygens (including phenoxy) is 1. The van der Waals surface area contributed by atoms with E-state index in [9.17, 15) is 13.2 Å². The summed E-state index contributed by atoms with van der Waals surface area (Å²) >= 11 is 0. The summed E-state index contributed by atoms with van der Waals surface area (Å²) < 4.78 is 33.4. The van der Waals surface area contributed by atoms with Crippen molar-refractivity contribution in [2.24, 2.45) is 5.73 Å². The maximum absolute atomic E-state index is 13.1. The number of carbonyl (C=O) groups is 1. The summed E-state index contributed by atoms with van der Waals surface area (Å²) in [7, 11) is -3.25. The molecule has 1 amide bonds. The number of piperidine rings is 1. The van der Waals surface area contributed by atoms with Gasteiger partial charge >= 0.3 is 0 Å². The molecular formula is C33H45N5O4S. The van der Waals surface area contributed by atoms with Crippen LogP contribution in [0.25, 0.3) is 22.0 Å². The van der Waals surface area contributed by atoms with Crippen LogP contribution in [0, 0.1) is 0 Å². The van der Waals surface area contributed by atoms with Gasteiger partial charge in [0.15, 0.2) is 0 Å². The Morgan fingerprint density at radius 1 is 0.953 bits per heavy atom. The number of benzene rings is 2. The average Bonchev–Trinajstić information content (AvgIpc) is 3.68. The van der Waals surface area contributed by atoms with Gasteiger partial charge in [-0.3, -0.25) is 9.69 Å². The lowest BCUT2D eigenvalue weighted by molar-refractivity contribution is -0.117. The summed E-state index contributed by atoms with van der Waals surface area (Å²) in [6, 6.07) is 12.9. The van der Waals surface area contributed by atoms with Gasteiger partial charge in [0.05, 0.1) is 25.4 Å². The number of rotatable bonds is 11. The summed E-state index contributed by atoms with van der Waals surface area (Å²) in [4.78, 5) is 20.3. The number of nitrogens with two attached hydrogens (primary N) is 1. The van der Waals surface area contributed by atoms with Gasteiger partial charge in [0.1, 0.15) is 0 Å². The first-order chi connectivity index (χ1) is 20.9. The molecule has 4 heterocycles. The second-order valence-electron chi connectivity index (χ2n) is 12.4. The minimum Gasteiger partial charge on any atom is -0.379 e. The molecule has 3 aliphatic rings. The lowest BCUT2D eigenvalue weighted by Gasteiger charge is -2.31. The van der Waals surface area contributed by atoms with Gasteiger partial charge in [0, 0.05) is 49.8 Å². The molecule has 3 saturated heterocycles. The molecule has 232 valence electrons. The molecule has 0 atom stereocenters. The van der Waals surface area contributed by atoms with Crippen LogP contribution in [0.5, 0.6) is 0 Å². The molecule has 1 aromatic heterocycles. The number of amides is 1. The maximum atomic E-state index is 13.1. The fourth-order valence-electron chi connectivity index (χ4n) is 7.08. The number of likely N-dealkylation sites (tertiary alicyclic amines) is 1. The minimum absolute atomic E-state index is 0.159. The van der Waals surface area contributed by atoms with Gasteiger partial charge in [-0.15, -0.1) is 0 Å². The molecule has 9 nitrogen and oxygen atoms in total. The maximum Gasteiger partial charge on any atom is 0.221 e. The van der Waals surface area contributed by atoms with E-state index in [0.717, 1.165) is 92.9 Å². The number of nitrogens with zero attached hydrogens (tertiary/aromatic N) is 3. The average molecular weight is 608 g/mol. The third-order valence-corrected chi connectivity index (χ3v) is 11.4. The number of primary amides is 1. The van der Waals surface area contributed by atoms with Crippen molar-refractivity contribution in [1.82, 2.24) is 19.1 Å². The Labute approximate surface area is 255 Å².